The van der Waals surface area contributed by atoms with Crippen LogP contribution < -0.4 is 0 Å². The van der Waals surface area contributed by atoms with Gasteiger partial charge < -0.3 is 5.11 Å². The highest BCUT2D eigenvalue weighted by Gasteiger charge is 2.39. The van der Waals surface area contributed by atoms with E-state index in [0.29, 0.717) is 17.8 Å². The molecule has 0 bridgehead atoms. The van der Waals surface area contributed by atoms with Crippen LogP contribution in [0.25, 0.3) is 0 Å². The standard InChI is InChI=1S/C10H18O2/c1-6-7(2)10(8(3)12)4-9(6)5-11/h6-7,9-11H,4-5H2,1-3H3/t6-,7-,9+,10-/m0/s1. The van der Waals surface area contributed by atoms with E-state index in [4.69, 9.17) is 5.11 Å². The normalized spacial score (nSPS) is 41.7. The van der Waals surface area contributed by atoms with Crippen LogP contribution in [-0.2, 0) is 4.79 Å². The lowest BCUT2D eigenvalue weighted by atomic mass is 9.89. The molecule has 1 rings (SSSR count). The summed E-state index contributed by atoms with van der Waals surface area (Å²) < 4.78 is 0. The molecule has 0 heterocycles. The maximum atomic E-state index is 11.2. The van der Waals surface area contributed by atoms with Crippen LogP contribution in [0.5, 0.6) is 0 Å². The maximum Gasteiger partial charge on any atom is 0.133 e. The Labute approximate surface area is 74.0 Å². The van der Waals surface area contributed by atoms with Crippen molar-refractivity contribution < 1.29 is 9.90 Å². The molecule has 0 aromatic rings. The van der Waals surface area contributed by atoms with Gasteiger partial charge in [0.05, 0.1) is 0 Å². The predicted octanol–water partition coefficient (Wildman–Crippen LogP) is 1.48. The van der Waals surface area contributed by atoms with Gasteiger partial charge in [0, 0.05) is 12.5 Å². The van der Waals surface area contributed by atoms with Crippen molar-refractivity contribution >= 4 is 5.78 Å². The molecule has 1 aliphatic carbocycles. The summed E-state index contributed by atoms with van der Waals surface area (Å²) in [6, 6.07) is 0. The summed E-state index contributed by atoms with van der Waals surface area (Å²) in [5.74, 6) is 1.75. The molecule has 0 aromatic carbocycles. The Kier molecular flexibility index (Phi) is 2.89. The molecule has 2 nitrogen and oxygen atoms in total. The number of carbonyl (C=O) groups is 1. The Bertz CT molecular complexity index is 177. The van der Waals surface area contributed by atoms with Gasteiger partial charge in [0.25, 0.3) is 0 Å². The Morgan fingerprint density at radius 3 is 2.25 bits per heavy atom. The number of ketones is 1. The minimum atomic E-state index is 0.192. The molecule has 0 saturated heterocycles. The number of aliphatic hydroxyl groups excluding tert-OH is 1. The molecule has 1 aliphatic rings. The summed E-state index contributed by atoms with van der Waals surface area (Å²) in [6.07, 6.45) is 0.883. The average Bonchev–Trinajstić information content (AvgIpc) is 2.30. The molecule has 0 unspecified atom stereocenters. The number of rotatable bonds is 2. The van der Waals surface area contributed by atoms with Gasteiger partial charge >= 0.3 is 0 Å². The zero-order chi connectivity index (χ0) is 9.30. The molecule has 0 aliphatic heterocycles. The molecule has 12 heavy (non-hydrogen) atoms. The summed E-state index contributed by atoms with van der Waals surface area (Å²) in [4.78, 5) is 11.2. The minimum Gasteiger partial charge on any atom is -0.396 e. The van der Waals surface area contributed by atoms with E-state index < -0.39 is 0 Å². The van der Waals surface area contributed by atoms with E-state index >= 15 is 0 Å². The average molecular weight is 170 g/mol. The summed E-state index contributed by atoms with van der Waals surface area (Å²) in [5, 5.41) is 9.04. The van der Waals surface area contributed by atoms with Gasteiger partial charge in [-0.15, -0.1) is 0 Å². The van der Waals surface area contributed by atoms with Crippen LogP contribution in [-0.4, -0.2) is 17.5 Å². The van der Waals surface area contributed by atoms with Crippen molar-refractivity contribution in [3.05, 3.63) is 0 Å². The molecule has 0 amide bonds. The van der Waals surface area contributed by atoms with Crippen molar-refractivity contribution in [3.63, 3.8) is 0 Å². The van der Waals surface area contributed by atoms with Crippen molar-refractivity contribution in [3.8, 4) is 0 Å². The van der Waals surface area contributed by atoms with Crippen LogP contribution >= 0.6 is 0 Å². The highest BCUT2D eigenvalue weighted by Crippen LogP contribution is 2.41. The molecule has 1 fully saturated rings. The van der Waals surface area contributed by atoms with Gasteiger partial charge in [0.2, 0.25) is 0 Å². The molecule has 0 aromatic heterocycles. The summed E-state index contributed by atoms with van der Waals surface area (Å²) in [6.45, 7) is 6.14. The first-order valence-corrected chi connectivity index (χ1v) is 4.69. The van der Waals surface area contributed by atoms with Gasteiger partial charge in [-0.3, -0.25) is 4.79 Å². The van der Waals surface area contributed by atoms with Crippen molar-refractivity contribution in [2.75, 3.05) is 6.61 Å². The fourth-order valence-electron chi connectivity index (χ4n) is 2.33. The maximum absolute atomic E-state index is 11.2. The summed E-state index contributed by atoms with van der Waals surface area (Å²) >= 11 is 0. The predicted molar refractivity (Wildman–Crippen MR) is 47.7 cm³/mol. The molecule has 70 valence electrons. The number of hydrogen-bond acceptors (Lipinski definition) is 2. The summed E-state index contributed by atoms with van der Waals surface area (Å²) in [7, 11) is 0. The second-order valence-corrected chi connectivity index (χ2v) is 4.11. The third-order valence-corrected chi connectivity index (χ3v) is 3.52. The fourth-order valence-corrected chi connectivity index (χ4v) is 2.33. The van der Waals surface area contributed by atoms with Gasteiger partial charge in [-0.2, -0.15) is 0 Å². The smallest absolute Gasteiger partial charge is 0.133 e. The van der Waals surface area contributed by atoms with Gasteiger partial charge in [-0.25, -0.2) is 0 Å². The van der Waals surface area contributed by atoms with Crippen LogP contribution in [0, 0.1) is 23.7 Å². The van der Waals surface area contributed by atoms with Crippen molar-refractivity contribution in [2.24, 2.45) is 23.7 Å². The topological polar surface area (TPSA) is 37.3 Å². The second kappa shape index (κ2) is 3.56. The van der Waals surface area contributed by atoms with Crippen LogP contribution in [0.2, 0.25) is 0 Å². The first kappa shape index (κ1) is 9.72. The lowest BCUT2D eigenvalue weighted by Gasteiger charge is -2.16. The third kappa shape index (κ3) is 1.53. The van der Waals surface area contributed by atoms with E-state index in [0.717, 1.165) is 6.42 Å². The van der Waals surface area contributed by atoms with Gasteiger partial charge in [0.1, 0.15) is 5.78 Å². The van der Waals surface area contributed by atoms with Crippen LogP contribution in [0.15, 0.2) is 0 Å². The molecule has 1 N–H and O–H groups in total. The quantitative estimate of drug-likeness (QED) is 0.681. The Hall–Kier alpha value is -0.370. The van der Waals surface area contributed by atoms with Crippen molar-refractivity contribution in [1.29, 1.82) is 0 Å². The number of carbonyl (C=O) groups excluding carboxylic acids is 1. The SMILES string of the molecule is CC(=O)[C@H]1C[C@H](CO)[C@@H](C)[C@@H]1C. The Balaban J connectivity index is 2.66. The van der Waals surface area contributed by atoms with Crippen LogP contribution in [0.1, 0.15) is 27.2 Å². The lowest BCUT2D eigenvalue weighted by Crippen LogP contribution is -2.16. The van der Waals surface area contributed by atoms with Crippen molar-refractivity contribution in [1.82, 2.24) is 0 Å². The van der Waals surface area contributed by atoms with E-state index in [2.05, 4.69) is 13.8 Å². The molecule has 0 spiro atoms. The highest BCUT2D eigenvalue weighted by atomic mass is 16.3. The van der Waals surface area contributed by atoms with Crippen LogP contribution in [0.4, 0.5) is 0 Å². The molecule has 2 heteroatoms. The van der Waals surface area contributed by atoms with E-state index in [9.17, 15) is 4.79 Å². The van der Waals surface area contributed by atoms with Crippen LogP contribution in [0.3, 0.4) is 0 Å². The molecule has 1 saturated carbocycles. The van der Waals surface area contributed by atoms with E-state index in [1.54, 1.807) is 6.92 Å². The molecule has 0 radical (unpaired) electrons. The number of Topliss-reactive ketones (excluding diaryl/α,β-unsaturated/α-hetero) is 1. The molecular weight excluding hydrogens is 152 g/mol. The van der Waals surface area contributed by atoms with Gasteiger partial charge in [-0.1, -0.05) is 13.8 Å². The second-order valence-electron chi connectivity index (χ2n) is 4.11. The van der Waals surface area contributed by atoms with E-state index in [1.807, 2.05) is 0 Å². The largest absolute Gasteiger partial charge is 0.396 e. The Morgan fingerprint density at radius 2 is 2.00 bits per heavy atom. The zero-order valence-corrected chi connectivity index (χ0v) is 8.08. The van der Waals surface area contributed by atoms with Gasteiger partial charge in [0.15, 0.2) is 0 Å². The van der Waals surface area contributed by atoms with E-state index in [1.165, 1.54) is 0 Å². The van der Waals surface area contributed by atoms with Gasteiger partial charge in [-0.05, 0) is 31.1 Å². The minimum absolute atomic E-state index is 0.192. The monoisotopic (exact) mass is 170 g/mol. The summed E-state index contributed by atoms with van der Waals surface area (Å²) in [5.41, 5.74) is 0. The zero-order valence-electron chi connectivity index (χ0n) is 8.08. The first-order chi connectivity index (χ1) is 5.57. The Morgan fingerprint density at radius 1 is 1.42 bits per heavy atom. The molecular formula is C10H18O2. The van der Waals surface area contributed by atoms with E-state index in [-0.39, 0.29) is 18.3 Å². The lowest BCUT2D eigenvalue weighted by molar-refractivity contribution is -0.121. The fraction of sp³-hybridized carbons (Fsp3) is 0.900. The third-order valence-electron chi connectivity index (χ3n) is 3.52. The highest BCUT2D eigenvalue weighted by molar-refractivity contribution is 5.78. The number of hydrogen-bond donors (Lipinski definition) is 1. The molecule has 4 atom stereocenters. The van der Waals surface area contributed by atoms with Crippen molar-refractivity contribution in [2.45, 2.75) is 27.2 Å². The number of aliphatic hydroxyl groups is 1. The first-order valence-electron chi connectivity index (χ1n) is 4.69.